The van der Waals surface area contributed by atoms with Gasteiger partial charge in [0, 0.05) is 18.5 Å². The summed E-state index contributed by atoms with van der Waals surface area (Å²) in [5, 5.41) is 16.7. The van der Waals surface area contributed by atoms with E-state index < -0.39 is 5.82 Å². The zero-order valence-corrected chi connectivity index (χ0v) is 14.4. The fourth-order valence-electron chi connectivity index (χ4n) is 4.25. The van der Waals surface area contributed by atoms with E-state index in [-0.39, 0.29) is 30.3 Å². The van der Waals surface area contributed by atoms with Gasteiger partial charge in [-0.05, 0) is 37.0 Å². The van der Waals surface area contributed by atoms with E-state index >= 15 is 0 Å². The molecule has 2 fully saturated rings. The lowest BCUT2D eigenvalue weighted by atomic mass is 9.82. The van der Waals surface area contributed by atoms with Crippen LogP contribution in [0.2, 0.25) is 0 Å². The van der Waals surface area contributed by atoms with Crippen LogP contribution in [0.25, 0.3) is 0 Å². The summed E-state index contributed by atoms with van der Waals surface area (Å²) in [4.78, 5) is 14.5. The Hall–Kier alpha value is -2.41. The first kappa shape index (κ1) is 17.0. The number of hydrogen-bond donors (Lipinski definition) is 2. The number of carbonyl (C=O) groups excluding carboxylic acids is 1. The first-order valence-electron chi connectivity index (χ1n) is 8.93. The van der Waals surface area contributed by atoms with Gasteiger partial charge in [-0.2, -0.15) is 5.10 Å². The molecule has 1 saturated carbocycles. The summed E-state index contributed by atoms with van der Waals surface area (Å²) in [6.45, 7) is 1.49. The van der Waals surface area contributed by atoms with Crippen molar-refractivity contribution in [2.45, 2.75) is 25.9 Å². The number of H-pyrrole nitrogens is 1. The Balaban J connectivity index is 1.40. The van der Waals surface area contributed by atoms with Crippen LogP contribution in [0.1, 0.15) is 35.4 Å². The van der Waals surface area contributed by atoms with E-state index in [0.717, 1.165) is 19.3 Å². The van der Waals surface area contributed by atoms with E-state index in [1.165, 1.54) is 6.07 Å². The van der Waals surface area contributed by atoms with Crippen molar-refractivity contribution in [1.29, 1.82) is 0 Å². The molecule has 0 bridgehead atoms. The lowest BCUT2D eigenvalue weighted by molar-refractivity contribution is 0.0729. The highest BCUT2D eigenvalue weighted by molar-refractivity contribution is 5.92. The number of para-hydroxylation sites is 1. The molecule has 2 heterocycles. The highest BCUT2D eigenvalue weighted by Crippen LogP contribution is 2.48. The quantitative estimate of drug-likeness (QED) is 0.859. The van der Waals surface area contributed by atoms with E-state index in [2.05, 4.69) is 10.2 Å². The highest BCUT2D eigenvalue weighted by Gasteiger charge is 2.50. The minimum Gasteiger partial charge on any atom is -0.484 e. The van der Waals surface area contributed by atoms with Gasteiger partial charge in [0.15, 0.2) is 17.3 Å². The zero-order valence-electron chi connectivity index (χ0n) is 14.4. The minimum absolute atomic E-state index is 0.102. The number of aliphatic hydroxyl groups excluding tert-OH is 1. The van der Waals surface area contributed by atoms with Gasteiger partial charge in [-0.25, -0.2) is 4.39 Å². The first-order chi connectivity index (χ1) is 12.6. The number of aliphatic hydroxyl groups is 1. The van der Waals surface area contributed by atoms with E-state index in [1.807, 2.05) is 0 Å². The van der Waals surface area contributed by atoms with Gasteiger partial charge in [-0.1, -0.05) is 18.6 Å². The van der Waals surface area contributed by atoms with Gasteiger partial charge < -0.3 is 14.7 Å². The predicted octanol–water partition coefficient (Wildman–Crippen LogP) is 2.36. The molecule has 1 aromatic heterocycles. The van der Waals surface area contributed by atoms with Crippen LogP contribution in [-0.4, -0.2) is 45.8 Å². The smallest absolute Gasteiger partial charge is 0.274 e. The Kier molecular flexibility index (Phi) is 4.40. The summed E-state index contributed by atoms with van der Waals surface area (Å²) in [6.07, 6.45) is 3.15. The molecular formula is C19H22FN3O3. The van der Waals surface area contributed by atoms with E-state index in [4.69, 9.17) is 4.74 Å². The third-order valence-electron chi connectivity index (χ3n) is 5.71. The highest BCUT2D eigenvalue weighted by atomic mass is 19.1. The average Bonchev–Trinajstić information content (AvgIpc) is 3.34. The van der Waals surface area contributed by atoms with E-state index in [0.29, 0.717) is 30.4 Å². The van der Waals surface area contributed by atoms with Gasteiger partial charge in [0.2, 0.25) is 0 Å². The molecule has 4 rings (SSSR count). The molecule has 26 heavy (non-hydrogen) atoms. The molecule has 7 heteroatoms. The molecule has 0 unspecified atom stereocenters. The summed E-state index contributed by atoms with van der Waals surface area (Å²) in [6, 6.07) is 7.82. The number of nitrogens with zero attached hydrogens (tertiary/aromatic N) is 2. The van der Waals surface area contributed by atoms with Crippen LogP contribution in [-0.2, 0) is 6.61 Å². The zero-order chi connectivity index (χ0) is 18.1. The van der Waals surface area contributed by atoms with Crippen molar-refractivity contribution < 1.29 is 19.0 Å². The maximum absolute atomic E-state index is 13.6. The number of aromatic nitrogens is 2. The molecule has 1 amide bonds. The van der Waals surface area contributed by atoms with Crippen molar-refractivity contribution in [2.75, 3.05) is 19.7 Å². The number of ether oxygens (including phenoxy) is 1. The third kappa shape index (κ3) is 2.96. The summed E-state index contributed by atoms with van der Waals surface area (Å²) in [5.74, 6) is -0.0340. The van der Waals surface area contributed by atoms with Gasteiger partial charge in [0.25, 0.3) is 5.91 Å². The molecule has 138 valence electrons. The van der Waals surface area contributed by atoms with Crippen LogP contribution in [0, 0.1) is 17.2 Å². The van der Waals surface area contributed by atoms with Gasteiger partial charge in [-0.15, -0.1) is 0 Å². The van der Waals surface area contributed by atoms with Gasteiger partial charge >= 0.3 is 0 Å². The number of nitrogens with one attached hydrogen (secondary N) is 1. The third-order valence-corrected chi connectivity index (χ3v) is 5.71. The summed E-state index contributed by atoms with van der Waals surface area (Å²) in [5.41, 5.74) is 0.793. The maximum atomic E-state index is 13.6. The van der Waals surface area contributed by atoms with Crippen molar-refractivity contribution in [3.05, 3.63) is 47.5 Å². The number of fused-ring (bicyclic) bond motifs is 1. The predicted molar refractivity (Wildman–Crippen MR) is 92.1 cm³/mol. The Labute approximate surface area is 151 Å². The molecule has 2 N–H and O–H groups in total. The number of aromatic amines is 1. The maximum Gasteiger partial charge on any atom is 0.274 e. The lowest BCUT2D eigenvalue weighted by Gasteiger charge is -2.25. The molecule has 1 aromatic carbocycles. The molecule has 0 spiro atoms. The van der Waals surface area contributed by atoms with Crippen molar-refractivity contribution in [2.24, 2.45) is 11.3 Å². The fraction of sp³-hybridized carbons (Fsp3) is 0.474. The fourth-order valence-corrected chi connectivity index (χ4v) is 4.25. The average molecular weight is 359 g/mol. The van der Waals surface area contributed by atoms with Crippen LogP contribution in [0.5, 0.6) is 5.75 Å². The second kappa shape index (κ2) is 6.72. The number of hydrogen-bond acceptors (Lipinski definition) is 4. The SMILES string of the molecule is O=C(c1cc(COc2ccccc2F)[nH]n1)N1C[C@@H]2CCC[C@]2(CO)C1. The molecule has 1 saturated heterocycles. The van der Waals surface area contributed by atoms with Crippen molar-refractivity contribution >= 4 is 5.91 Å². The molecule has 2 atom stereocenters. The van der Waals surface area contributed by atoms with Crippen LogP contribution in [0.15, 0.2) is 30.3 Å². The Morgan fingerprint density at radius 3 is 3.08 bits per heavy atom. The standard InChI is InChI=1S/C19H22FN3O3/c20-15-5-1-2-6-17(15)26-10-14-8-16(22-21-14)18(25)23-9-13-4-3-7-19(13,11-23)12-24/h1-2,5-6,8,13,24H,3-4,7,9-12H2,(H,21,22)/t13-,19+/m0/s1. The van der Waals surface area contributed by atoms with Crippen molar-refractivity contribution in [1.82, 2.24) is 15.1 Å². The van der Waals surface area contributed by atoms with E-state index in [1.54, 1.807) is 29.2 Å². The van der Waals surface area contributed by atoms with Crippen LogP contribution >= 0.6 is 0 Å². The van der Waals surface area contributed by atoms with Crippen molar-refractivity contribution in [3.8, 4) is 5.75 Å². The second-order valence-corrected chi connectivity index (χ2v) is 7.29. The normalized spacial score (nSPS) is 24.7. The monoisotopic (exact) mass is 359 g/mol. The van der Waals surface area contributed by atoms with E-state index in [9.17, 15) is 14.3 Å². The van der Waals surface area contributed by atoms with Gasteiger partial charge in [0.05, 0.1) is 12.3 Å². The van der Waals surface area contributed by atoms with Gasteiger partial charge in [0.1, 0.15) is 6.61 Å². The summed E-state index contributed by atoms with van der Waals surface area (Å²) >= 11 is 0. The van der Waals surface area contributed by atoms with Crippen LogP contribution in [0.3, 0.4) is 0 Å². The second-order valence-electron chi connectivity index (χ2n) is 7.29. The molecule has 2 aromatic rings. The minimum atomic E-state index is -0.429. The summed E-state index contributed by atoms with van der Waals surface area (Å²) < 4.78 is 19.0. The number of benzene rings is 1. The lowest BCUT2D eigenvalue weighted by Crippen LogP contribution is -2.34. The molecule has 1 aliphatic carbocycles. The number of amides is 1. The molecule has 1 aliphatic heterocycles. The first-order valence-corrected chi connectivity index (χ1v) is 8.93. The number of halogens is 1. The molecule has 6 nitrogen and oxygen atoms in total. The number of rotatable bonds is 5. The Morgan fingerprint density at radius 1 is 1.46 bits per heavy atom. The summed E-state index contributed by atoms with van der Waals surface area (Å²) in [7, 11) is 0. The van der Waals surface area contributed by atoms with Crippen LogP contribution < -0.4 is 4.74 Å². The molecule has 0 radical (unpaired) electrons. The Morgan fingerprint density at radius 2 is 2.31 bits per heavy atom. The Bertz CT molecular complexity index is 809. The van der Waals surface area contributed by atoms with Crippen molar-refractivity contribution in [3.63, 3.8) is 0 Å². The topological polar surface area (TPSA) is 78.5 Å². The van der Waals surface area contributed by atoms with Gasteiger partial charge in [-0.3, -0.25) is 9.89 Å². The largest absolute Gasteiger partial charge is 0.484 e. The molecule has 2 aliphatic rings. The van der Waals surface area contributed by atoms with Crippen LogP contribution in [0.4, 0.5) is 4.39 Å². The number of likely N-dealkylation sites (tertiary alicyclic amines) is 1. The number of carbonyl (C=O) groups is 1. The molecular weight excluding hydrogens is 337 g/mol.